The van der Waals surface area contributed by atoms with Crippen molar-refractivity contribution in [2.24, 2.45) is 0 Å². The minimum atomic E-state index is -0.269. The molecule has 9 heteroatoms. The van der Waals surface area contributed by atoms with E-state index < -0.39 is 0 Å². The molecule has 1 saturated heterocycles. The lowest BCUT2D eigenvalue weighted by Gasteiger charge is -2.12. The van der Waals surface area contributed by atoms with Crippen LogP contribution in [0.5, 0.6) is 0 Å². The lowest BCUT2D eigenvalue weighted by molar-refractivity contribution is -0.130. The standard InChI is InChI=1S/C21H23BrClN5O2/c22-15-13-26-28-19(12-17(27-20(15)28)14-6-1-2-7-16(14)23)24-9-3-4-10-25-21(29)18-8-5-11-30-18/h1-2,6-7,12-13,18,24H,3-5,8-11H2,(H,25,29). The Morgan fingerprint density at radius 2 is 2.13 bits per heavy atom. The van der Waals surface area contributed by atoms with Gasteiger partial charge >= 0.3 is 0 Å². The van der Waals surface area contributed by atoms with E-state index in [2.05, 4.69) is 31.7 Å². The van der Waals surface area contributed by atoms with Crippen LogP contribution in [0, 0.1) is 0 Å². The number of ether oxygens (including phenoxy) is 1. The molecule has 0 radical (unpaired) electrons. The van der Waals surface area contributed by atoms with Crippen molar-refractivity contribution in [3.63, 3.8) is 0 Å². The second kappa shape index (κ2) is 9.76. The van der Waals surface area contributed by atoms with Gasteiger partial charge in [0.25, 0.3) is 0 Å². The summed E-state index contributed by atoms with van der Waals surface area (Å²) in [6, 6.07) is 9.59. The van der Waals surface area contributed by atoms with Gasteiger partial charge in [-0.15, -0.1) is 0 Å². The minimum absolute atomic E-state index is 0.00192. The van der Waals surface area contributed by atoms with Gasteiger partial charge in [0, 0.05) is 36.3 Å². The van der Waals surface area contributed by atoms with Gasteiger partial charge in [-0.25, -0.2) is 4.98 Å². The predicted octanol–water partition coefficient (Wildman–Crippen LogP) is 4.30. The molecule has 2 aromatic heterocycles. The van der Waals surface area contributed by atoms with Crippen molar-refractivity contribution in [3.05, 3.63) is 46.0 Å². The smallest absolute Gasteiger partial charge is 0.249 e. The molecule has 158 valence electrons. The fraction of sp³-hybridized carbons (Fsp3) is 0.381. The Labute approximate surface area is 188 Å². The zero-order chi connectivity index (χ0) is 20.9. The van der Waals surface area contributed by atoms with Gasteiger partial charge in [0.1, 0.15) is 11.9 Å². The van der Waals surface area contributed by atoms with Crippen LogP contribution < -0.4 is 10.6 Å². The van der Waals surface area contributed by atoms with E-state index in [4.69, 9.17) is 21.3 Å². The number of benzene rings is 1. The number of carbonyl (C=O) groups is 1. The van der Waals surface area contributed by atoms with Crippen LogP contribution in [-0.4, -0.2) is 46.3 Å². The van der Waals surface area contributed by atoms with E-state index >= 15 is 0 Å². The lowest BCUT2D eigenvalue weighted by Crippen LogP contribution is -2.34. The van der Waals surface area contributed by atoms with E-state index in [0.29, 0.717) is 18.2 Å². The van der Waals surface area contributed by atoms with E-state index in [1.54, 1.807) is 10.7 Å². The van der Waals surface area contributed by atoms with Crippen LogP contribution in [0.3, 0.4) is 0 Å². The average molecular weight is 493 g/mol. The number of hydrogen-bond acceptors (Lipinski definition) is 5. The number of nitrogens with one attached hydrogen (secondary N) is 2. The summed E-state index contributed by atoms with van der Waals surface area (Å²) in [4.78, 5) is 16.7. The molecule has 1 atom stereocenters. The van der Waals surface area contributed by atoms with Crippen molar-refractivity contribution in [1.29, 1.82) is 0 Å². The van der Waals surface area contributed by atoms with Crippen LogP contribution in [0.4, 0.5) is 5.82 Å². The van der Waals surface area contributed by atoms with Crippen LogP contribution in [-0.2, 0) is 9.53 Å². The monoisotopic (exact) mass is 491 g/mol. The molecular formula is C21H23BrClN5O2. The molecule has 1 fully saturated rings. The molecule has 0 spiro atoms. The highest BCUT2D eigenvalue weighted by atomic mass is 79.9. The van der Waals surface area contributed by atoms with Gasteiger partial charge in [-0.1, -0.05) is 29.8 Å². The van der Waals surface area contributed by atoms with Crippen molar-refractivity contribution < 1.29 is 9.53 Å². The molecule has 0 aliphatic carbocycles. The molecule has 2 N–H and O–H groups in total. The fourth-order valence-corrected chi connectivity index (χ4v) is 4.03. The van der Waals surface area contributed by atoms with E-state index in [-0.39, 0.29) is 12.0 Å². The molecule has 1 aromatic carbocycles. The first-order chi connectivity index (χ1) is 14.6. The van der Waals surface area contributed by atoms with Crippen LogP contribution in [0.25, 0.3) is 16.9 Å². The minimum Gasteiger partial charge on any atom is -0.370 e. The van der Waals surface area contributed by atoms with Gasteiger partial charge in [-0.2, -0.15) is 9.61 Å². The number of rotatable bonds is 8. The maximum atomic E-state index is 12.0. The first kappa shape index (κ1) is 21.1. The van der Waals surface area contributed by atoms with Gasteiger partial charge in [-0.3, -0.25) is 4.79 Å². The molecule has 7 nitrogen and oxygen atoms in total. The highest BCUT2D eigenvalue weighted by Crippen LogP contribution is 2.30. The summed E-state index contributed by atoms with van der Waals surface area (Å²) in [6.07, 6.45) is 5.01. The Morgan fingerprint density at radius 1 is 1.30 bits per heavy atom. The number of hydrogen-bond donors (Lipinski definition) is 2. The molecule has 0 saturated carbocycles. The van der Waals surface area contributed by atoms with Gasteiger partial charge in [0.15, 0.2) is 5.65 Å². The highest BCUT2D eigenvalue weighted by molar-refractivity contribution is 9.10. The molecule has 3 aromatic rings. The molecule has 1 amide bonds. The third-order valence-corrected chi connectivity index (χ3v) is 5.90. The third kappa shape index (κ3) is 4.77. The molecule has 0 bridgehead atoms. The van der Waals surface area contributed by atoms with Crippen LogP contribution in [0.1, 0.15) is 25.7 Å². The van der Waals surface area contributed by atoms with Gasteiger partial charge in [0.2, 0.25) is 5.91 Å². The number of fused-ring (bicyclic) bond motifs is 1. The third-order valence-electron chi connectivity index (χ3n) is 5.01. The normalized spacial score (nSPS) is 16.1. The summed E-state index contributed by atoms with van der Waals surface area (Å²) in [5.41, 5.74) is 2.37. The number of anilines is 1. The van der Waals surface area contributed by atoms with Gasteiger partial charge < -0.3 is 15.4 Å². The number of nitrogens with zero attached hydrogens (tertiary/aromatic N) is 3. The molecule has 1 aliphatic heterocycles. The van der Waals surface area contributed by atoms with E-state index in [1.807, 2.05) is 30.3 Å². The maximum absolute atomic E-state index is 12.0. The average Bonchev–Trinajstić information content (AvgIpc) is 3.41. The summed E-state index contributed by atoms with van der Waals surface area (Å²) in [5.74, 6) is 0.839. The summed E-state index contributed by atoms with van der Waals surface area (Å²) in [7, 11) is 0. The zero-order valence-corrected chi connectivity index (χ0v) is 18.7. The maximum Gasteiger partial charge on any atom is 0.249 e. The van der Waals surface area contributed by atoms with Crippen LogP contribution >= 0.6 is 27.5 Å². The van der Waals surface area contributed by atoms with E-state index in [1.165, 1.54) is 0 Å². The second-order valence-corrected chi connectivity index (χ2v) is 8.42. The molecule has 1 unspecified atom stereocenters. The zero-order valence-electron chi connectivity index (χ0n) is 16.4. The number of aromatic nitrogens is 3. The molecular weight excluding hydrogens is 470 g/mol. The van der Waals surface area contributed by atoms with Crippen LogP contribution in [0.2, 0.25) is 5.02 Å². The molecule has 30 heavy (non-hydrogen) atoms. The van der Waals surface area contributed by atoms with E-state index in [9.17, 15) is 4.79 Å². The van der Waals surface area contributed by atoms with Crippen molar-refractivity contribution >= 4 is 44.9 Å². The van der Waals surface area contributed by atoms with Crippen molar-refractivity contribution in [3.8, 4) is 11.3 Å². The Kier molecular flexibility index (Phi) is 6.86. The Bertz CT molecular complexity index is 1040. The topological polar surface area (TPSA) is 80.5 Å². The van der Waals surface area contributed by atoms with Crippen LogP contribution in [0.15, 0.2) is 41.0 Å². The summed E-state index contributed by atoms with van der Waals surface area (Å²) in [6.45, 7) is 2.07. The quantitative estimate of drug-likeness (QED) is 0.458. The molecule has 1 aliphatic rings. The van der Waals surface area contributed by atoms with Crippen molar-refractivity contribution in [1.82, 2.24) is 19.9 Å². The molecule has 3 heterocycles. The second-order valence-electron chi connectivity index (χ2n) is 7.16. The lowest BCUT2D eigenvalue weighted by atomic mass is 10.1. The summed E-state index contributed by atoms with van der Waals surface area (Å²) >= 11 is 9.89. The Balaban J connectivity index is 1.37. The first-order valence-electron chi connectivity index (χ1n) is 10.1. The Morgan fingerprint density at radius 3 is 2.93 bits per heavy atom. The number of unbranched alkanes of at least 4 members (excludes halogenated alkanes) is 1. The van der Waals surface area contributed by atoms with Crippen molar-refractivity contribution in [2.45, 2.75) is 31.8 Å². The highest BCUT2D eigenvalue weighted by Gasteiger charge is 2.22. The number of halogens is 2. The summed E-state index contributed by atoms with van der Waals surface area (Å²) < 4.78 is 7.98. The molecule has 4 rings (SSSR count). The number of amides is 1. The fourth-order valence-electron chi connectivity index (χ4n) is 3.45. The predicted molar refractivity (Wildman–Crippen MR) is 121 cm³/mol. The SMILES string of the molecule is O=C(NCCCCNc1cc(-c2ccccc2Cl)nc2c(Br)cnn12)C1CCCO1. The van der Waals surface area contributed by atoms with Gasteiger partial charge in [-0.05, 0) is 47.7 Å². The van der Waals surface area contributed by atoms with Gasteiger partial charge in [0.05, 0.1) is 16.4 Å². The number of carbonyl (C=O) groups excluding carboxylic acids is 1. The van der Waals surface area contributed by atoms with Crippen molar-refractivity contribution in [2.75, 3.05) is 25.0 Å². The Hall–Kier alpha value is -2.16. The largest absolute Gasteiger partial charge is 0.370 e. The van der Waals surface area contributed by atoms with E-state index in [0.717, 1.165) is 59.4 Å². The summed E-state index contributed by atoms with van der Waals surface area (Å²) in [5, 5.41) is 11.4. The first-order valence-corrected chi connectivity index (χ1v) is 11.2.